The zero-order valence-corrected chi connectivity index (χ0v) is 9.67. The Kier molecular flexibility index (Phi) is 3.41. The van der Waals surface area contributed by atoms with Crippen molar-refractivity contribution in [2.45, 2.75) is 32.2 Å². The van der Waals surface area contributed by atoms with Gasteiger partial charge in [0.25, 0.3) is 5.91 Å². The first-order valence-corrected chi connectivity index (χ1v) is 5.83. The van der Waals surface area contributed by atoms with E-state index < -0.39 is 17.5 Å². The van der Waals surface area contributed by atoms with E-state index in [0.29, 0.717) is 5.92 Å². The van der Waals surface area contributed by atoms with Gasteiger partial charge >= 0.3 is 0 Å². The molecule has 0 heterocycles. The van der Waals surface area contributed by atoms with Crippen LogP contribution >= 0.6 is 0 Å². The monoisotopic (exact) mass is 239 g/mol. The van der Waals surface area contributed by atoms with E-state index in [0.717, 1.165) is 25.3 Å². The molecule has 0 spiro atoms. The molecule has 2 nitrogen and oxygen atoms in total. The van der Waals surface area contributed by atoms with Crippen LogP contribution in [0.5, 0.6) is 0 Å². The molecule has 1 aliphatic rings. The molecule has 0 aromatic heterocycles. The smallest absolute Gasteiger partial charge is 0.254 e. The predicted molar refractivity (Wildman–Crippen MR) is 60.6 cm³/mol. The SMILES string of the molecule is CC1CCC(NC(=O)c2cccc(F)c2F)C1. The fraction of sp³-hybridized carbons (Fsp3) is 0.462. The molecule has 0 saturated heterocycles. The van der Waals surface area contributed by atoms with Gasteiger partial charge in [-0.1, -0.05) is 13.0 Å². The molecule has 1 N–H and O–H groups in total. The van der Waals surface area contributed by atoms with Crippen molar-refractivity contribution in [3.8, 4) is 0 Å². The lowest BCUT2D eigenvalue weighted by Gasteiger charge is -2.12. The second-order valence-electron chi connectivity index (χ2n) is 4.69. The highest BCUT2D eigenvalue weighted by Gasteiger charge is 2.24. The van der Waals surface area contributed by atoms with Crippen LogP contribution in [0, 0.1) is 17.6 Å². The number of hydrogen-bond acceptors (Lipinski definition) is 1. The van der Waals surface area contributed by atoms with Gasteiger partial charge in [-0.25, -0.2) is 8.78 Å². The summed E-state index contributed by atoms with van der Waals surface area (Å²) in [5.74, 6) is -2.01. The standard InChI is InChI=1S/C13H15F2NO/c1-8-5-6-9(7-8)16-13(17)10-3-2-4-11(14)12(10)15/h2-4,8-9H,5-7H2,1H3,(H,16,17). The van der Waals surface area contributed by atoms with Crippen LogP contribution in [0.1, 0.15) is 36.5 Å². The van der Waals surface area contributed by atoms with Crippen molar-refractivity contribution in [2.75, 3.05) is 0 Å². The van der Waals surface area contributed by atoms with Crippen LogP contribution in [0.15, 0.2) is 18.2 Å². The van der Waals surface area contributed by atoms with Gasteiger partial charge in [-0.3, -0.25) is 4.79 Å². The second kappa shape index (κ2) is 4.82. The van der Waals surface area contributed by atoms with E-state index in [9.17, 15) is 13.6 Å². The maximum Gasteiger partial charge on any atom is 0.254 e. The Balaban J connectivity index is 2.07. The predicted octanol–water partition coefficient (Wildman–Crippen LogP) is 2.88. The minimum atomic E-state index is -1.07. The molecule has 17 heavy (non-hydrogen) atoms. The van der Waals surface area contributed by atoms with E-state index in [4.69, 9.17) is 0 Å². The molecule has 92 valence electrons. The summed E-state index contributed by atoms with van der Waals surface area (Å²) < 4.78 is 26.3. The summed E-state index contributed by atoms with van der Waals surface area (Å²) in [4.78, 5) is 11.8. The van der Waals surface area contributed by atoms with Crippen LogP contribution in [0.3, 0.4) is 0 Å². The molecule has 4 heteroatoms. The number of amides is 1. The first-order valence-electron chi connectivity index (χ1n) is 5.83. The lowest BCUT2D eigenvalue weighted by atomic mass is 10.1. The van der Waals surface area contributed by atoms with Gasteiger partial charge in [0.2, 0.25) is 0 Å². The molecule has 1 aliphatic carbocycles. The molecule has 2 unspecified atom stereocenters. The van der Waals surface area contributed by atoms with E-state index in [1.165, 1.54) is 12.1 Å². The maximum atomic E-state index is 13.4. The lowest BCUT2D eigenvalue weighted by Crippen LogP contribution is -2.33. The largest absolute Gasteiger partial charge is 0.349 e. The first kappa shape index (κ1) is 12.0. The fourth-order valence-electron chi connectivity index (χ4n) is 2.28. The van der Waals surface area contributed by atoms with Gasteiger partial charge in [0.05, 0.1) is 5.56 Å². The Hall–Kier alpha value is -1.45. The average Bonchev–Trinajstić information content (AvgIpc) is 2.68. The van der Waals surface area contributed by atoms with Gasteiger partial charge in [0, 0.05) is 6.04 Å². The van der Waals surface area contributed by atoms with E-state index in [-0.39, 0.29) is 11.6 Å². The van der Waals surface area contributed by atoms with Crippen LogP contribution in [-0.4, -0.2) is 11.9 Å². The molecular formula is C13H15F2NO. The minimum Gasteiger partial charge on any atom is -0.349 e. The van der Waals surface area contributed by atoms with Crippen molar-refractivity contribution >= 4 is 5.91 Å². The second-order valence-corrected chi connectivity index (χ2v) is 4.69. The Labute approximate surface area is 99.0 Å². The van der Waals surface area contributed by atoms with Crippen molar-refractivity contribution < 1.29 is 13.6 Å². The summed E-state index contributed by atoms with van der Waals surface area (Å²) in [6, 6.07) is 3.72. The third-order valence-electron chi connectivity index (χ3n) is 3.23. The van der Waals surface area contributed by atoms with E-state index >= 15 is 0 Å². The van der Waals surface area contributed by atoms with Gasteiger partial charge < -0.3 is 5.32 Å². The van der Waals surface area contributed by atoms with Crippen LogP contribution in [0.2, 0.25) is 0 Å². The number of halogens is 2. The topological polar surface area (TPSA) is 29.1 Å². The molecule has 1 saturated carbocycles. The van der Waals surface area contributed by atoms with Crippen LogP contribution in [0.25, 0.3) is 0 Å². The van der Waals surface area contributed by atoms with Crippen molar-refractivity contribution in [1.82, 2.24) is 5.32 Å². The van der Waals surface area contributed by atoms with Gasteiger partial charge in [-0.15, -0.1) is 0 Å². The summed E-state index contributed by atoms with van der Waals surface area (Å²) >= 11 is 0. The molecule has 1 aromatic carbocycles. The molecule has 1 amide bonds. The van der Waals surface area contributed by atoms with E-state index in [1.54, 1.807) is 0 Å². The van der Waals surface area contributed by atoms with Gasteiger partial charge in [0.1, 0.15) is 0 Å². The maximum absolute atomic E-state index is 13.4. The summed E-state index contributed by atoms with van der Waals surface area (Å²) in [7, 11) is 0. The van der Waals surface area contributed by atoms with E-state index in [2.05, 4.69) is 12.2 Å². The summed E-state index contributed by atoms with van der Waals surface area (Å²) in [6.07, 6.45) is 2.88. The fourth-order valence-corrected chi connectivity index (χ4v) is 2.28. The summed E-state index contributed by atoms with van der Waals surface area (Å²) in [6.45, 7) is 2.12. The Morgan fingerprint density at radius 3 is 2.76 bits per heavy atom. The van der Waals surface area contributed by atoms with Crippen molar-refractivity contribution in [2.24, 2.45) is 5.92 Å². The average molecular weight is 239 g/mol. The highest BCUT2D eigenvalue weighted by Crippen LogP contribution is 2.25. The number of benzene rings is 1. The lowest BCUT2D eigenvalue weighted by molar-refractivity contribution is 0.0932. The molecular weight excluding hydrogens is 224 g/mol. The number of rotatable bonds is 2. The molecule has 0 bridgehead atoms. The van der Waals surface area contributed by atoms with Crippen LogP contribution in [0.4, 0.5) is 8.78 Å². The highest BCUT2D eigenvalue weighted by molar-refractivity contribution is 5.94. The quantitative estimate of drug-likeness (QED) is 0.844. The highest BCUT2D eigenvalue weighted by atomic mass is 19.2. The third kappa shape index (κ3) is 2.62. The normalized spacial score (nSPS) is 23.7. The van der Waals surface area contributed by atoms with Crippen LogP contribution in [-0.2, 0) is 0 Å². The number of nitrogens with one attached hydrogen (secondary N) is 1. The van der Waals surface area contributed by atoms with Gasteiger partial charge in [-0.2, -0.15) is 0 Å². The molecule has 0 aliphatic heterocycles. The Bertz CT molecular complexity index is 433. The summed E-state index contributed by atoms with van der Waals surface area (Å²) in [5.41, 5.74) is -0.218. The Morgan fingerprint density at radius 1 is 1.35 bits per heavy atom. The molecule has 2 atom stereocenters. The van der Waals surface area contributed by atoms with Crippen molar-refractivity contribution in [1.29, 1.82) is 0 Å². The molecule has 1 aromatic rings. The molecule has 1 fully saturated rings. The molecule has 0 radical (unpaired) electrons. The van der Waals surface area contributed by atoms with Gasteiger partial charge in [-0.05, 0) is 37.3 Å². The van der Waals surface area contributed by atoms with Crippen molar-refractivity contribution in [3.63, 3.8) is 0 Å². The zero-order chi connectivity index (χ0) is 12.4. The number of carbonyl (C=O) groups is 1. The number of carbonyl (C=O) groups excluding carboxylic acids is 1. The Morgan fingerprint density at radius 2 is 2.12 bits per heavy atom. The number of hydrogen-bond donors (Lipinski definition) is 1. The first-order chi connectivity index (χ1) is 8.08. The van der Waals surface area contributed by atoms with Crippen LogP contribution < -0.4 is 5.32 Å². The van der Waals surface area contributed by atoms with Crippen molar-refractivity contribution in [3.05, 3.63) is 35.4 Å². The van der Waals surface area contributed by atoms with E-state index in [1.807, 2.05) is 0 Å². The van der Waals surface area contributed by atoms with Gasteiger partial charge in [0.15, 0.2) is 11.6 Å². The zero-order valence-electron chi connectivity index (χ0n) is 9.67. The molecule has 2 rings (SSSR count). The third-order valence-corrected chi connectivity index (χ3v) is 3.23. The summed E-state index contributed by atoms with van der Waals surface area (Å²) in [5, 5.41) is 2.75. The minimum absolute atomic E-state index is 0.0835.